The van der Waals surface area contributed by atoms with Crippen molar-refractivity contribution in [3.63, 3.8) is 0 Å². The number of hydrogen-bond acceptors (Lipinski definition) is 6. The summed E-state index contributed by atoms with van der Waals surface area (Å²) in [5.41, 5.74) is 1.77. The number of Topliss-reactive ketones (excluding diaryl/α,β-unsaturated/α-hetero) is 1. The number of fused-ring (bicyclic) bond motifs is 1. The Kier molecular flexibility index (Phi) is 9.32. The van der Waals surface area contributed by atoms with Gasteiger partial charge in [-0.2, -0.15) is 0 Å². The fourth-order valence-electron chi connectivity index (χ4n) is 4.64. The average molecular weight is 600 g/mol. The summed E-state index contributed by atoms with van der Waals surface area (Å²) >= 11 is 0. The quantitative estimate of drug-likeness (QED) is 0.342. The smallest absolute Gasteiger partial charge is 0.414 e. The molecule has 0 fully saturated rings. The highest BCUT2D eigenvalue weighted by Gasteiger charge is 2.37. The topological polar surface area (TPSA) is 111 Å². The molecule has 0 aromatic heterocycles. The first-order chi connectivity index (χ1) is 20.6. The van der Waals surface area contributed by atoms with Crippen molar-refractivity contribution < 1.29 is 23.9 Å². The first-order valence-corrected chi connectivity index (χ1v) is 14.5. The Bertz CT molecular complexity index is 1530. The zero-order valence-corrected chi connectivity index (χ0v) is 26.4. The van der Waals surface area contributed by atoms with E-state index in [1.54, 1.807) is 52.1 Å². The minimum Gasteiger partial charge on any atom is -0.443 e. The molecule has 0 radical (unpaired) electrons. The third-order valence-corrected chi connectivity index (χ3v) is 7.06. The van der Waals surface area contributed by atoms with Crippen LogP contribution in [0.2, 0.25) is 0 Å². The number of benzene rings is 3. The zero-order chi connectivity index (χ0) is 32.2. The second kappa shape index (κ2) is 12.8. The summed E-state index contributed by atoms with van der Waals surface area (Å²) in [5.74, 6) is -0.509. The average Bonchev–Trinajstić information content (AvgIpc) is 3.06. The van der Waals surface area contributed by atoms with Crippen molar-refractivity contribution in [3.8, 4) is 0 Å². The van der Waals surface area contributed by atoms with E-state index in [0.29, 0.717) is 17.1 Å². The number of nitrogens with one attached hydrogen (secondary N) is 2. The lowest BCUT2D eigenvalue weighted by Crippen LogP contribution is -2.54. The van der Waals surface area contributed by atoms with Crippen LogP contribution in [0, 0.1) is 5.41 Å². The lowest BCUT2D eigenvalue weighted by Gasteiger charge is -2.28. The molecule has 44 heavy (non-hydrogen) atoms. The number of ether oxygens (including phenoxy) is 1. The fourth-order valence-corrected chi connectivity index (χ4v) is 4.64. The van der Waals surface area contributed by atoms with E-state index in [1.807, 2.05) is 80.3 Å². The first-order valence-electron chi connectivity index (χ1n) is 14.5. The highest BCUT2D eigenvalue weighted by Crippen LogP contribution is 2.37. The molecule has 1 aliphatic rings. The molecule has 0 saturated carbocycles. The molecule has 1 unspecified atom stereocenters. The van der Waals surface area contributed by atoms with Gasteiger partial charge in [0.1, 0.15) is 11.6 Å². The molecule has 3 aromatic carbocycles. The van der Waals surface area contributed by atoms with Crippen LogP contribution in [0.15, 0.2) is 78.9 Å². The molecular weight excluding hydrogens is 558 g/mol. The van der Waals surface area contributed by atoms with Crippen molar-refractivity contribution in [2.45, 2.75) is 53.2 Å². The molecule has 0 spiro atoms. The minimum absolute atomic E-state index is 0.108. The van der Waals surface area contributed by atoms with Crippen LogP contribution in [0.3, 0.4) is 0 Å². The van der Waals surface area contributed by atoms with Gasteiger partial charge in [0.05, 0.1) is 24.5 Å². The van der Waals surface area contributed by atoms with E-state index in [0.717, 1.165) is 11.4 Å². The number of urea groups is 1. The molecule has 1 atom stereocenters. The van der Waals surface area contributed by atoms with Gasteiger partial charge in [-0.1, -0.05) is 57.2 Å². The Balaban J connectivity index is 1.62. The van der Waals surface area contributed by atoms with Gasteiger partial charge in [-0.05, 0) is 63.2 Å². The van der Waals surface area contributed by atoms with E-state index >= 15 is 0 Å². The molecule has 1 heterocycles. The molecule has 232 valence electrons. The Morgan fingerprint density at radius 1 is 0.886 bits per heavy atom. The number of rotatable bonds is 6. The van der Waals surface area contributed by atoms with Gasteiger partial charge in [0, 0.05) is 29.5 Å². The second-order valence-electron chi connectivity index (χ2n) is 12.8. The van der Waals surface area contributed by atoms with Gasteiger partial charge < -0.3 is 25.2 Å². The maximum atomic E-state index is 14.1. The zero-order valence-electron chi connectivity index (χ0n) is 26.4. The van der Waals surface area contributed by atoms with Gasteiger partial charge in [-0.3, -0.25) is 14.5 Å². The predicted molar refractivity (Wildman–Crippen MR) is 174 cm³/mol. The van der Waals surface area contributed by atoms with Crippen LogP contribution in [0.1, 0.15) is 41.5 Å². The molecule has 0 saturated heterocycles. The fraction of sp³-hybridized carbons (Fsp3) is 0.353. The largest absolute Gasteiger partial charge is 0.443 e. The van der Waals surface area contributed by atoms with Crippen LogP contribution in [-0.2, 0) is 14.3 Å². The van der Waals surface area contributed by atoms with Gasteiger partial charge in [-0.15, -0.1) is 0 Å². The molecule has 1 aliphatic heterocycles. The number of carbonyl (C=O) groups excluding carboxylic acids is 4. The summed E-state index contributed by atoms with van der Waals surface area (Å²) in [6, 6.07) is 22.1. The molecule has 10 nitrogen and oxygen atoms in total. The van der Waals surface area contributed by atoms with E-state index in [2.05, 4.69) is 10.6 Å². The lowest BCUT2D eigenvalue weighted by molar-refractivity contribution is -0.127. The number of anilines is 5. The van der Waals surface area contributed by atoms with E-state index in [1.165, 1.54) is 9.80 Å². The Labute approximate surface area is 259 Å². The van der Waals surface area contributed by atoms with Crippen LogP contribution < -0.4 is 25.3 Å². The van der Waals surface area contributed by atoms with E-state index in [4.69, 9.17) is 4.74 Å². The van der Waals surface area contributed by atoms with Gasteiger partial charge >= 0.3 is 12.1 Å². The van der Waals surface area contributed by atoms with E-state index < -0.39 is 35.1 Å². The summed E-state index contributed by atoms with van der Waals surface area (Å²) < 4.78 is 5.45. The Hall–Kier alpha value is -4.86. The van der Waals surface area contributed by atoms with E-state index in [-0.39, 0.29) is 18.9 Å². The third kappa shape index (κ3) is 7.75. The van der Waals surface area contributed by atoms with Crippen molar-refractivity contribution in [1.82, 2.24) is 5.32 Å². The number of nitrogens with zero attached hydrogens (tertiary/aromatic N) is 3. The number of ketones is 1. The molecule has 2 N–H and O–H groups in total. The molecule has 4 rings (SSSR count). The van der Waals surface area contributed by atoms with Gasteiger partial charge in [0.25, 0.3) is 5.91 Å². The van der Waals surface area contributed by atoms with Gasteiger partial charge in [0.2, 0.25) is 0 Å². The number of carbonyl (C=O) groups is 4. The summed E-state index contributed by atoms with van der Waals surface area (Å²) in [4.78, 5) is 58.0. The molecule has 4 amide bonds. The Morgan fingerprint density at radius 3 is 2.16 bits per heavy atom. The van der Waals surface area contributed by atoms with Gasteiger partial charge in [0.15, 0.2) is 5.78 Å². The lowest BCUT2D eigenvalue weighted by atomic mass is 9.90. The maximum absolute atomic E-state index is 14.1. The van der Waals surface area contributed by atoms with Crippen molar-refractivity contribution in [2.75, 3.05) is 40.2 Å². The first kappa shape index (κ1) is 32.1. The molecular formula is C34H41N5O5. The summed E-state index contributed by atoms with van der Waals surface area (Å²) in [6.07, 6.45) is -0.534. The van der Waals surface area contributed by atoms with Crippen molar-refractivity contribution in [3.05, 3.63) is 78.9 Å². The van der Waals surface area contributed by atoms with Gasteiger partial charge in [-0.25, -0.2) is 9.59 Å². The van der Waals surface area contributed by atoms with Crippen LogP contribution in [0.5, 0.6) is 0 Å². The third-order valence-electron chi connectivity index (χ3n) is 7.06. The van der Waals surface area contributed by atoms with E-state index in [9.17, 15) is 19.2 Å². The number of para-hydroxylation sites is 3. The van der Waals surface area contributed by atoms with Crippen LogP contribution >= 0.6 is 0 Å². The molecule has 0 bridgehead atoms. The van der Waals surface area contributed by atoms with Crippen molar-refractivity contribution >= 4 is 52.3 Å². The second-order valence-corrected chi connectivity index (χ2v) is 12.8. The predicted octanol–water partition coefficient (Wildman–Crippen LogP) is 6.35. The molecule has 0 aliphatic carbocycles. The van der Waals surface area contributed by atoms with Crippen molar-refractivity contribution in [1.29, 1.82) is 0 Å². The highest BCUT2D eigenvalue weighted by atomic mass is 16.6. The number of amides is 4. The monoisotopic (exact) mass is 599 g/mol. The SMILES string of the molecule is CN(C(=O)OC(C)(C)C)c1cccc(NC(=O)NC2CN(c3ccccc3)c3ccccc3N(CC(=O)C(C)(C)C)C2=O)c1. The Morgan fingerprint density at radius 2 is 1.52 bits per heavy atom. The summed E-state index contributed by atoms with van der Waals surface area (Å²) in [6.45, 7) is 10.8. The standard InChI is InChI=1S/C34H41N5O5/c1-33(2,3)29(40)22-39-28-19-12-11-18-27(28)38(24-15-9-8-10-16-24)21-26(30(39)41)36-31(42)35-23-14-13-17-25(20-23)37(7)32(43)44-34(4,5)6/h8-20,26H,21-22H2,1-7H3,(H2,35,36,42). The summed E-state index contributed by atoms with van der Waals surface area (Å²) in [5, 5.41) is 5.62. The van der Waals surface area contributed by atoms with Crippen LogP contribution in [0.4, 0.5) is 38.0 Å². The maximum Gasteiger partial charge on any atom is 0.414 e. The minimum atomic E-state index is -0.997. The molecule has 3 aromatic rings. The van der Waals surface area contributed by atoms with Crippen molar-refractivity contribution in [2.24, 2.45) is 5.41 Å². The summed E-state index contributed by atoms with van der Waals surface area (Å²) in [7, 11) is 1.58. The highest BCUT2D eigenvalue weighted by molar-refractivity contribution is 6.08. The van der Waals surface area contributed by atoms with Crippen LogP contribution in [-0.4, -0.2) is 55.6 Å². The molecule has 10 heteroatoms. The number of hydrogen-bond donors (Lipinski definition) is 2. The normalized spacial score (nSPS) is 15.2. The van der Waals surface area contributed by atoms with Crippen LogP contribution in [0.25, 0.3) is 0 Å².